The molecule has 0 saturated carbocycles. The van der Waals surface area contributed by atoms with Gasteiger partial charge in [0.05, 0.1) is 11.3 Å². The third kappa shape index (κ3) is 2.59. The number of rotatable bonds is 2. The number of piperidine rings is 1. The highest BCUT2D eigenvalue weighted by molar-refractivity contribution is 6.30. The van der Waals surface area contributed by atoms with Gasteiger partial charge < -0.3 is 10.0 Å². The van der Waals surface area contributed by atoms with Gasteiger partial charge in [-0.3, -0.25) is 0 Å². The average molecular weight is 293 g/mol. The lowest BCUT2D eigenvalue weighted by molar-refractivity contribution is -0.142. The Morgan fingerprint density at radius 1 is 1.55 bits per heavy atom. The SMILES string of the molecule is CC1(C)CCCN(c2cc(Cl)ccc2C#N)C1C(=O)O. The normalized spacial score (nSPS) is 21.3. The number of aliphatic carboxylic acids is 1. The molecule has 1 aromatic rings. The van der Waals surface area contributed by atoms with E-state index >= 15 is 0 Å². The molecule has 1 fully saturated rings. The molecule has 1 saturated heterocycles. The van der Waals surface area contributed by atoms with Crippen LogP contribution in [0.4, 0.5) is 5.69 Å². The van der Waals surface area contributed by atoms with E-state index in [-0.39, 0.29) is 5.41 Å². The van der Waals surface area contributed by atoms with Crippen LogP contribution in [0, 0.1) is 16.7 Å². The van der Waals surface area contributed by atoms with E-state index < -0.39 is 12.0 Å². The highest BCUT2D eigenvalue weighted by Crippen LogP contribution is 2.39. The molecule has 0 bridgehead atoms. The van der Waals surface area contributed by atoms with Gasteiger partial charge in [-0.2, -0.15) is 5.26 Å². The first-order valence-electron chi connectivity index (χ1n) is 6.56. The van der Waals surface area contributed by atoms with E-state index in [4.69, 9.17) is 11.6 Å². The molecule has 1 aromatic carbocycles. The van der Waals surface area contributed by atoms with Gasteiger partial charge >= 0.3 is 5.97 Å². The minimum Gasteiger partial charge on any atom is -0.480 e. The van der Waals surface area contributed by atoms with Crippen molar-refractivity contribution in [1.29, 1.82) is 5.26 Å². The van der Waals surface area contributed by atoms with E-state index in [1.807, 2.05) is 13.8 Å². The molecular weight excluding hydrogens is 276 g/mol. The second-order valence-electron chi connectivity index (χ2n) is 5.80. The number of halogens is 1. The number of carboxylic acids is 1. The van der Waals surface area contributed by atoms with Crippen LogP contribution in [0.1, 0.15) is 32.3 Å². The minimum absolute atomic E-state index is 0.348. The molecule has 0 aliphatic carbocycles. The molecule has 0 aromatic heterocycles. The molecule has 106 valence electrons. The van der Waals surface area contributed by atoms with E-state index in [2.05, 4.69) is 6.07 Å². The summed E-state index contributed by atoms with van der Waals surface area (Å²) in [5, 5.41) is 19.3. The number of carboxylic acid groups (broad SMARTS) is 1. The van der Waals surface area contributed by atoms with Crippen LogP contribution in [0.25, 0.3) is 0 Å². The number of hydrogen-bond donors (Lipinski definition) is 1. The molecule has 4 nitrogen and oxygen atoms in total. The standard InChI is InChI=1S/C15H17ClN2O2/c1-15(2)6-3-7-18(13(15)14(19)20)12-8-11(16)5-4-10(12)9-17/h4-5,8,13H,3,6-7H2,1-2H3,(H,19,20). The number of anilines is 1. The second kappa shape index (κ2) is 5.34. The second-order valence-corrected chi connectivity index (χ2v) is 6.24. The molecule has 1 aliphatic heterocycles. The maximum atomic E-state index is 11.7. The van der Waals surface area contributed by atoms with Crippen LogP contribution in [0.3, 0.4) is 0 Å². The molecule has 2 rings (SSSR count). The van der Waals surface area contributed by atoms with E-state index in [9.17, 15) is 15.2 Å². The summed E-state index contributed by atoms with van der Waals surface area (Å²) in [6, 6.07) is 6.42. The van der Waals surface area contributed by atoms with Crippen molar-refractivity contribution in [1.82, 2.24) is 0 Å². The maximum Gasteiger partial charge on any atom is 0.326 e. The smallest absolute Gasteiger partial charge is 0.326 e. The third-order valence-electron chi connectivity index (χ3n) is 3.90. The van der Waals surface area contributed by atoms with Gasteiger partial charge in [-0.1, -0.05) is 25.4 Å². The fourth-order valence-corrected chi connectivity index (χ4v) is 3.12. The summed E-state index contributed by atoms with van der Waals surface area (Å²) in [6.45, 7) is 4.53. The first-order valence-corrected chi connectivity index (χ1v) is 6.94. The lowest BCUT2D eigenvalue weighted by Gasteiger charge is -2.45. The Morgan fingerprint density at radius 3 is 2.85 bits per heavy atom. The highest BCUT2D eigenvalue weighted by Gasteiger charge is 2.43. The maximum absolute atomic E-state index is 11.7. The Labute approximate surface area is 123 Å². The molecular formula is C15H17ClN2O2. The topological polar surface area (TPSA) is 64.3 Å². The number of benzene rings is 1. The molecule has 1 unspecified atom stereocenters. The molecule has 1 N–H and O–H groups in total. The lowest BCUT2D eigenvalue weighted by Crippen LogP contribution is -2.54. The van der Waals surface area contributed by atoms with E-state index in [1.54, 1.807) is 23.1 Å². The Bertz CT molecular complexity index is 578. The van der Waals surface area contributed by atoms with Gasteiger partial charge in [0.15, 0.2) is 0 Å². The fraction of sp³-hybridized carbons (Fsp3) is 0.467. The predicted molar refractivity (Wildman–Crippen MR) is 78.0 cm³/mol. The molecule has 0 radical (unpaired) electrons. The zero-order valence-corrected chi connectivity index (χ0v) is 12.3. The van der Waals surface area contributed by atoms with Gasteiger partial charge in [0.1, 0.15) is 12.1 Å². The van der Waals surface area contributed by atoms with E-state index in [0.29, 0.717) is 22.8 Å². The monoisotopic (exact) mass is 292 g/mol. The first-order chi connectivity index (χ1) is 9.36. The molecule has 20 heavy (non-hydrogen) atoms. The van der Waals surface area contributed by atoms with Crippen molar-refractivity contribution in [2.24, 2.45) is 5.41 Å². The molecule has 0 amide bonds. The molecule has 1 heterocycles. The third-order valence-corrected chi connectivity index (χ3v) is 4.13. The summed E-state index contributed by atoms with van der Waals surface area (Å²) >= 11 is 6.01. The Morgan fingerprint density at radius 2 is 2.25 bits per heavy atom. The quantitative estimate of drug-likeness (QED) is 0.908. The molecule has 1 aliphatic rings. The lowest BCUT2D eigenvalue weighted by atomic mass is 9.76. The zero-order valence-electron chi connectivity index (χ0n) is 11.6. The van der Waals surface area contributed by atoms with Gasteiger partial charge in [-0.25, -0.2) is 4.79 Å². The van der Waals surface area contributed by atoms with Crippen molar-refractivity contribution < 1.29 is 9.90 Å². The summed E-state index contributed by atoms with van der Waals surface area (Å²) < 4.78 is 0. The summed E-state index contributed by atoms with van der Waals surface area (Å²) in [5.41, 5.74) is 0.720. The van der Waals surface area contributed by atoms with Crippen LogP contribution < -0.4 is 4.90 Å². The Hall–Kier alpha value is -1.73. The largest absolute Gasteiger partial charge is 0.480 e. The van der Waals surface area contributed by atoms with E-state index in [0.717, 1.165) is 12.8 Å². The van der Waals surface area contributed by atoms with Gasteiger partial charge in [-0.05, 0) is 36.5 Å². The number of carbonyl (C=O) groups is 1. The van der Waals surface area contributed by atoms with Crippen LogP contribution in [-0.2, 0) is 4.79 Å². The molecule has 0 spiro atoms. The van der Waals surface area contributed by atoms with Crippen LogP contribution >= 0.6 is 11.6 Å². The van der Waals surface area contributed by atoms with Gasteiger partial charge in [0.2, 0.25) is 0 Å². The predicted octanol–water partition coefficient (Wildman–Crippen LogP) is 3.29. The highest BCUT2D eigenvalue weighted by atomic mass is 35.5. The fourth-order valence-electron chi connectivity index (χ4n) is 2.96. The average Bonchev–Trinajstić information content (AvgIpc) is 2.36. The van der Waals surface area contributed by atoms with Crippen molar-refractivity contribution in [3.63, 3.8) is 0 Å². The summed E-state index contributed by atoms with van der Waals surface area (Å²) in [4.78, 5) is 13.5. The van der Waals surface area contributed by atoms with Crippen LogP contribution in [0.2, 0.25) is 5.02 Å². The van der Waals surface area contributed by atoms with Gasteiger partial charge in [0.25, 0.3) is 0 Å². The molecule has 1 atom stereocenters. The number of nitriles is 1. The Kier molecular flexibility index (Phi) is 3.92. The summed E-state index contributed by atoms with van der Waals surface area (Å²) in [6.07, 6.45) is 1.75. The molecule has 5 heteroatoms. The van der Waals surface area contributed by atoms with Gasteiger partial charge in [-0.15, -0.1) is 0 Å². The first kappa shape index (κ1) is 14.7. The van der Waals surface area contributed by atoms with Crippen LogP contribution in [0.5, 0.6) is 0 Å². The summed E-state index contributed by atoms with van der Waals surface area (Å²) in [5.74, 6) is -0.862. The number of nitrogens with zero attached hydrogens (tertiary/aromatic N) is 2. The number of hydrogen-bond acceptors (Lipinski definition) is 3. The van der Waals surface area contributed by atoms with Crippen molar-refractivity contribution in [2.75, 3.05) is 11.4 Å². The van der Waals surface area contributed by atoms with Crippen molar-refractivity contribution in [3.05, 3.63) is 28.8 Å². The zero-order chi connectivity index (χ0) is 14.9. The summed E-state index contributed by atoms with van der Waals surface area (Å²) in [7, 11) is 0. The van der Waals surface area contributed by atoms with Gasteiger partial charge in [0, 0.05) is 11.6 Å². The van der Waals surface area contributed by atoms with Crippen molar-refractivity contribution >= 4 is 23.3 Å². The van der Waals surface area contributed by atoms with Crippen molar-refractivity contribution in [2.45, 2.75) is 32.7 Å². The minimum atomic E-state index is -0.862. The Balaban J connectivity index is 2.52. The van der Waals surface area contributed by atoms with Crippen molar-refractivity contribution in [3.8, 4) is 6.07 Å². The van der Waals surface area contributed by atoms with Crippen LogP contribution in [0.15, 0.2) is 18.2 Å². The van der Waals surface area contributed by atoms with Crippen LogP contribution in [-0.4, -0.2) is 23.7 Å². The van der Waals surface area contributed by atoms with E-state index in [1.165, 1.54) is 0 Å².